The number of hydrogen-bond donors (Lipinski definition) is 2. The number of ether oxygens (including phenoxy) is 1. The maximum Gasteiger partial charge on any atom is 0.341 e. The van der Waals surface area contributed by atoms with E-state index in [9.17, 15) is 13.2 Å². The standard InChI is InChI=1S/C13H17NO5S/c1-13(2)7-11(13)14-20(17,18)10-5-3-9(4-6-10)19-8-12(15)16/h3-6,11,14H,7-8H2,1-2H3,(H,15,16). The molecule has 7 heteroatoms. The Kier molecular flexibility index (Phi) is 3.75. The number of sulfonamides is 1. The van der Waals surface area contributed by atoms with Crippen LogP contribution in [0.5, 0.6) is 5.75 Å². The highest BCUT2D eigenvalue weighted by Crippen LogP contribution is 2.45. The Bertz CT molecular complexity index is 606. The molecule has 0 bridgehead atoms. The molecular weight excluding hydrogens is 282 g/mol. The van der Waals surface area contributed by atoms with E-state index in [0.29, 0.717) is 5.75 Å². The largest absolute Gasteiger partial charge is 0.482 e. The van der Waals surface area contributed by atoms with Crippen molar-refractivity contribution in [3.8, 4) is 5.75 Å². The SMILES string of the molecule is CC1(C)CC1NS(=O)(=O)c1ccc(OCC(=O)O)cc1. The lowest BCUT2D eigenvalue weighted by molar-refractivity contribution is -0.139. The fraction of sp³-hybridized carbons (Fsp3) is 0.462. The van der Waals surface area contributed by atoms with E-state index in [1.165, 1.54) is 24.3 Å². The molecule has 1 aromatic rings. The van der Waals surface area contributed by atoms with Gasteiger partial charge in [-0.05, 0) is 36.1 Å². The van der Waals surface area contributed by atoms with Crippen LogP contribution in [0.25, 0.3) is 0 Å². The summed E-state index contributed by atoms with van der Waals surface area (Å²) in [5.41, 5.74) is 0.0115. The first-order valence-corrected chi connectivity index (χ1v) is 7.66. The van der Waals surface area contributed by atoms with Crippen LogP contribution in [-0.4, -0.2) is 32.1 Å². The molecule has 1 unspecified atom stereocenters. The minimum absolute atomic E-state index is 0.0115. The summed E-state index contributed by atoms with van der Waals surface area (Å²) in [4.78, 5) is 10.5. The van der Waals surface area contributed by atoms with Crippen LogP contribution in [0.4, 0.5) is 0 Å². The summed E-state index contributed by atoms with van der Waals surface area (Å²) in [6.45, 7) is 3.55. The maximum atomic E-state index is 12.1. The maximum absolute atomic E-state index is 12.1. The van der Waals surface area contributed by atoms with Gasteiger partial charge in [0.25, 0.3) is 0 Å². The first-order valence-electron chi connectivity index (χ1n) is 6.18. The monoisotopic (exact) mass is 299 g/mol. The third-order valence-electron chi connectivity index (χ3n) is 3.31. The highest BCUT2D eigenvalue weighted by atomic mass is 32.2. The summed E-state index contributed by atoms with van der Waals surface area (Å²) in [7, 11) is -3.54. The van der Waals surface area contributed by atoms with Crippen LogP contribution in [0.2, 0.25) is 0 Å². The molecule has 1 fully saturated rings. The predicted octanol–water partition coefficient (Wildman–Crippen LogP) is 1.23. The zero-order chi connectivity index (χ0) is 15.0. The molecule has 1 atom stereocenters. The normalized spacial score (nSPS) is 20.4. The molecule has 2 N–H and O–H groups in total. The average Bonchev–Trinajstić information content (AvgIpc) is 2.93. The van der Waals surface area contributed by atoms with Crippen molar-refractivity contribution in [3.05, 3.63) is 24.3 Å². The molecule has 0 radical (unpaired) electrons. The van der Waals surface area contributed by atoms with Crippen LogP contribution < -0.4 is 9.46 Å². The lowest BCUT2D eigenvalue weighted by atomic mass is 10.2. The van der Waals surface area contributed by atoms with E-state index in [1.807, 2.05) is 13.8 Å². The zero-order valence-corrected chi connectivity index (χ0v) is 12.1. The molecule has 1 aromatic carbocycles. The third kappa shape index (κ3) is 3.49. The second kappa shape index (κ2) is 5.06. The summed E-state index contributed by atoms with van der Waals surface area (Å²) < 4.78 is 31.8. The molecule has 0 aliphatic heterocycles. The van der Waals surface area contributed by atoms with Crippen LogP contribution in [0, 0.1) is 5.41 Å². The Balaban J connectivity index is 2.03. The van der Waals surface area contributed by atoms with Gasteiger partial charge in [0.2, 0.25) is 10.0 Å². The van der Waals surface area contributed by atoms with E-state index >= 15 is 0 Å². The van der Waals surface area contributed by atoms with Gasteiger partial charge in [-0.15, -0.1) is 0 Å². The highest BCUT2D eigenvalue weighted by molar-refractivity contribution is 7.89. The number of nitrogens with one attached hydrogen (secondary N) is 1. The van der Waals surface area contributed by atoms with Crippen LogP contribution in [0.15, 0.2) is 29.2 Å². The van der Waals surface area contributed by atoms with Gasteiger partial charge in [-0.1, -0.05) is 13.8 Å². The molecule has 20 heavy (non-hydrogen) atoms. The fourth-order valence-corrected chi connectivity index (χ4v) is 3.19. The number of hydrogen-bond acceptors (Lipinski definition) is 4. The van der Waals surface area contributed by atoms with E-state index in [4.69, 9.17) is 9.84 Å². The van der Waals surface area contributed by atoms with Crippen molar-refractivity contribution >= 4 is 16.0 Å². The van der Waals surface area contributed by atoms with E-state index < -0.39 is 22.6 Å². The fourth-order valence-electron chi connectivity index (χ4n) is 1.78. The molecule has 1 aliphatic carbocycles. The summed E-state index contributed by atoms with van der Waals surface area (Å²) in [6.07, 6.45) is 0.825. The van der Waals surface area contributed by atoms with Crippen molar-refractivity contribution in [2.75, 3.05) is 6.61 Å². The molecule has 1 saturated carbocycles. The molecule has 0 amide bonds. The van der Waals surface area contributed by atoms with Crippen molar-refractivity contribution in [2.45, 2.75) is 31.2 Å². The molecule has 6 nitrogen and oxygen atoms in total. The van der Waals surface area contributed by atoms with Crippen LogP contribution in [0.1, 0.15) is 20.3 Å². The van der Waals surface area contributed by atoms with Gasteiger partial charge in [0, 0.05) is 6.04 Å². The highest BCUT2D eigenvalue weighted by Gasteiger charge is 2.47. The lowest BCUT2D eigenvalue weighted by Crippen LogP contribution is -2.28. The molecule has 1 aliphatic rings. The van der Waals surface area contributed by atoms with Crippen LogP contribution in [0.3, 0.4) is 0 Å². The molecule has 2 rings (SSSR count). The molecule has 0 aromatic heterocycles. The minimum atomic E-state index is -3.54. The molecule has 0 spiro atoms. The third-order valence-corrected chi connectivity index (χ3v) is 4.79. The average molecular weight is 299 g/mol. The first kappa shape index (κ1) is 14.8. The number of benzene rings is 1. The number of carboxylic acids is 1. The van der Waals surface area contributed by atoms with Gasteiger partial charge in [0.05, 0.1) is 4.90 Å². The smallest absolute Gasteiger partial charge is 0.341 e. The zero-order valence-electron chi connectivity index (χ0n) is 11.3. The van der Waals surface area contributed by atoms with Crippen LogP contribution >= 0.6 is 0 Å². The Morgan fingerprint density at radius 3 is 2.40 bits per heavy atom. The van der Waals surface area contributed by atoms with Crippen molar-refractivity contribution in [2.24, 2.45) is 5.41 Å². The number of rotatable bonds is 6. The molecule has 0 saturated heterocycles. The Hall–Kier alpha value is -1.60. The van der Waals surface area contributed by atoms with Crippen molar-refractivity contribution < 1.29 is 23.1 Å². The predicted molar refractivity (Wildman–Crippen MR) is 72.1 cm³/mol. The Morgan fingerprint density at radius 2 is 1.95 bits per heavy atom. The van der Waals surface area contributed by atoms with Gasteiger partial charge in [-0.25, -0.2) is 17.9 Å². The van der Waals surface area contributed by atoms with E-state index in [0.717, 1.165) is 6.42 Å². The van der Waals surface area contributed by atoms with Gasteiger partial charge in [-0.2, -0.15) is 0 Å². The van der Waals surface area contributed by atoms with Gasteiger partial charge in [0.1, 0.15) is 5.75 Å². The Morgan fingerprint density at radius 1 is 1.40 bits per heavy atom. The Labute approximate surface area is 117 Å². The van der Waals surface area contributed by atoms with Gasteiger partial charge in [-0.3, -0.25) is 0 Å². The quantitative estimate of drug-likeness (QED) is 0.824. The van der Waals surface area contributed by atoms with Crippen molar-refractivity contribution in [1.29, 1.82) is 0 Å². The molecule has 110 valence electrons. The number of carbonyl (C=O) groups is 1. The summed E-state index contributed by atoms with van der Waals surface area (Å²) in [6, 6.07) is 5.64. The van der Waals surface area contributed by atoms with Crippen molar-refractivity contribution in [3.63, 3.8) is 0 Å². The van der Waals surface area contributed by atoms with Gasteiger partial charge < -0.3 is 9.84 Å². The summed E-state index contributed by atoms with van der Waals surface area (Å²) in [5.74, 6) is -0.766. The second-order valence-corrected chi connectivity index (χ2v) is 7.23. The first-order chi connectivity index (χ1) is 9.21. The lowest BCUT2D eigenvalue weighted by Gasteiger charge is -2.09. The van der Waals surface area contributed by atoms with Gasteiger partial charge >= 0.3 is 5.97 Å². The van der Waals surface area contributed by atoms with E-state index in [-0.39, 0.29) is 16.4 Å². The topological polar surface area (TPSA) is 92.7 Å². The van der Waals surface area contributed by atoms with Crippen molar-refractivity contribution in [1.82, 2.24) is 4.72 Å². The number of carboxylic acid groups (broad SMARTS) is 1. The van der Waals surface area contributed by atoms with E-state index in [1.54, 1.807) is 0 Å². The van der Waals surface area contributed by atoms with Gasteiger partial charge in [0.15, 0.2) is 6.61 Å². The van der Waals surface area contributed by atoms with Crippen LogP contribution in [-0.2, 0) is 14.8 Å². The second-order valence-electron chi connectivity index (χ2n) is 5.52. The minimum Gasteiger partial charge on any atom is -0.482 e. The van der Waals surface area contributed by atoms with E-state index in [2.05, 4.69) is 4.72 Å². The molecular formula is C13H17NO5S. The summed E-state index contributed by atoms with van der Waals surface area (Å²) in [5, 5.41) is 8.48. The summed E-state index contributed by atoms with van der Waals surface area (Å²) >= 11 is 0. The molecule has 0 heterocycles. The number of aliphatic carboxylic acids is 1.